The van der Waals surface area contributed by atoms with Crippen molar-refractivity contribution in [2.45, 2.75) is 44.2 Å². The summed E-state index contributed by atoms with van der Waals surface area (Å²) in [5, 5.41) is 33.6. The van der Waals surface area contributed by atoms with Gasteiger partial charge in [0.2, 0.25) is 0 Å². The normalized spacial score (nSPS) is 11.6. The molecule has 160 valence electrons. The number of guanidine groups is 1. The van der Waals surface area contributed by atoms with Crippen molar-refractivity contribution in [2.24, 2.45) is 28.7 Å². The Morgan fingerprint density at radius 1 is 0.889 bits per heavy atom. The molecule has 0 aliphatic carbocycles. The molecule has 13 heteroatoms. The Morgan fingerprint density at radius 3 is 1.59 bits per heavy atom. The summed E-state index contributed by atoms with van der Waals surface area (Å²) in [7, 11) is 0. The topological polar surface area (TPSA) is 278 Å². The number of nitrogens with two attached hydrogens (primary N) is 5. The summed E-state index contributed by atoms with van der Waals surface area (Å²) in [4.78, 5) is 29.6. The Morgan fingerprint density at radius 2 is 1.30 bits per heavy atom. The first-order valence-electron chi connectivity index (χ1n) is 8.16. The molecule has 0 amide bonds. The number of carboxylic acid groups (broad SMARTS) is 3. The molecule has 0 bridgehead atoms. The minimum Gasteiger partial charge on any atom is -0.480 e. The van der Waals surface area contributed by atoms with E-state index >= 15 is 0 Å². The zero-order chi connectivity index (χ0) is 21.8. The highest BCUT2D eigenvalue weighted by Crippen LogP contribution is 1.97. The summed E-state index contributed by atoms with van der Waals surface area (Å²) < 4.78 is 0. The van der Waals surface area contributed by atoms with Crippen LogP contribution in [0, 0.1) is 5.41 Å². The molecule has 0 aromatic carbocycles. The van der Waals surface area contributed by atoms with Crippen molar-refractivity contribution < 1.29 is 29.7 Å². The van der Waals surface area contributed by atoms with Gasteiger partial charge in [0.15, 0.2) is 5.96 Å². The van der Waals surface area contributed by atoms with Crippen molar-refractivity contribution in [3.05, 3.63) is 0 Å². The lowest BCUT2D eigenvalue weighted by atomic mass is 10.1. The Hall–Kier alpha value is -2.48. The average Bonchev–Trinajstić information content (AvgIpc) is 2.59. The number of carbonyl (C=O) groups is 3. The van der Waals surface area contributed by atoms with Gasteiger partial charge in [0.1, 0.15) is 12.1 Å². The van der Waals surface area contributed by atoms with Gasteiger partial charge in [-0.15, -0.1) is 0 Å². The summed E-state index contributed by atoms with van der Waals surface area (Å²) in [5.41, 5.74) is 25.2. The van der Waals surface area contributed by atoms with Gasteiger partial charge in [-0.1, -0.05) is 6.42 Å². The Bertz CT molecular complexity index is 436. The van der Waals surface area contributed by atoms with Crippen LogP contribution in [0.5, 0.6) is 0 Å². The lowest BCUT2D eigenvalue weighted by Crippen LogP contribution is -2.34. The SMILES string of the molecule is N=C(N)NCCCC(N)C(=O)O.NCC(=O)O.NCCCCC(N)C(=O)O. The van der Waals surface area contributed by atoms with Gasteiger partial charge in [-0.3, -0.25) is 19.8 Å². The molecular formula is C14H33N7O6. The standard InChI is InChI=1S/C6H14N4O2.C6H14N2O2.C2H5NO2/c7-4(5(11)12)2-1-3-10-6(8)9;7-4-2-1-3-5(8)6(9)10;3-1-2(4)5/h4H,1-3,7H2,(H,11,12)(H4,8,9,10);5H,1-4,7-8H2,(H,9,10);1,3H2,(H,4,5). The fourth-order valence-corrected chi connectivity index (χ4v) is 1.30. The first-order valence-corrected chi connectivity index (χ1v) is 8.16. The van der Waals surface area contributed by atoms with E-state index in [1.165, 1.54) is 0 Å². The third-order valence-electron chi connectivity index (χ3n) is 2.79. The van der Waals surface area contributed by atoms with Crippen LogP contribution in [-0.2, 0) is 14.4 Å². The average molecular weight is 395 g/mol. The van der Waals surface area contributed by atoms with Crippen LogP contribution in [0.15, 0.2) is 0 Å². The summed E-state index contributed by atoms with van der Waals surface area (Å²) in [6.45, 7) is 0.808. The highest BCUT2D eigenvalue weighted by molar-refractivity contribution is 5.74. The van der Waals surface area contributed by atoms with E-state index in [4.69, 9.17) is 43.7 Å². The van der Waals surface area contributed by atoms with E-state index in [0.717, 1.165) is 12.8 Å². The van der Waals surface area contributed by atoms with Crippen LogP contribution in [-0.4, -0.2) is 70.9 Å². The molecular weight excluding hydrogens is 362 g/mol. The summed E-state index contributed by atoms with van der Waals surface area (Å²) in [6, 6.07) is -1.54. The summed E-state index contributed by atoms with van der Waals surface area (Å²) >= 11 is 0. The lowest BCUT2D eigenvalue weighted by Gasteiger charge is -2.06. The van der Waals surface area contributed by atoms with Crippen LogP contribution < -0.4 is 34.0 Å². The van der Waals surface area contributed by atoms with E-state index in [9.17, 15) is 14.4 Å². The number of aliphatic carboxylic acids is 3. The van der Waals surface area contributed by atoms with Crippen LogP contribution in [0.3, 0.4) is 0 Å². The Kier molecular flexibility index (Phi) is 21.5. The van der Waals surface area contributed by atoms with Crippen molar-refractivity contribution >= 4 is 23.9 Å². The number of nitrogens with one attached hydrogen (secondary N) is 2. The molecule has 13 nitrogen and oxygen atoms in total. The van der Waals surface area contributed by atoms with E-state index < -0.39 is 30.0 Å². The minimum absolute atomic E-state index is 0.112. The summed E-state index contributed by atoms with van der Waals surface area (Å²) in [5.74, 6) is -3.02. The molecule has 0 aliphatic rings. The fraction of sp³-hybridized carbons (Fsp3) is 0.714. The Balaban J connectivity index is -0.000000347. The maximum atomic E-state index is 10.2. The third-order valence-corrected chi connectivity index (χ3v) is 2.79. The van der Waals surface area contributed by atoms with E-state index in [1.807, 2.05) is 0 Å². The molecule has 0 aromatic heterocycles. The highest BCUT2D eigenvalue weighted by atomic mass is 16.4. The van der Waals surface area contributed by atoms with Crippen molar-refractivity contribution in [1.82, 2.24) is 5.32 Å². The second-order valence-corrected chi connectivity index (χ2v) is 5.25. The molecule has 2 atom stereocenters. The van der Waals surface area contributed by atoms with Crippen molar-refractivity contribution in [3.8, 4) is 0 Å². The number of carboxylic acids is 3. The molecule has 0 saturated heterocycles. The Labute approximate surface area is 157 Å². The number of hydrogen-bond donors (Lipinski definition) is 10. The van der Waals surface area contributed by atoms with Gasteiger partial charge < -0.3 is 49.3 Å². The molecule has 2 unspecified atom stereocenters. The van der Waals surface area contributed by atoms with Crippen LogP contribution >= 0.6 is 0 Å². The van der Waals surface area contributed by atoms with Gasteiger partial charge >= 0.3 is 17.9 Å². The van der Waals surface area contributed by atoms with E-state index in [0.29, 0.717) is 32.4 Å². The number of hydrogen-bond acceptors (Lipinski definition) is 8. The van der Waals surface area contributed by atoms with Crippen LogP contribution in [0.2, 0.25) is 0 Å². The monoisotopic (exact) mass is 395 g/mol. The smallest absolute Gasteiger partial charge is 0.320 e. The molecule has 0 aromatic rings. The highest BCUT2D eigenvalue weighted by Gasteiger charge is 2.10. The van der Waals surface area contributed by atoms with Gasteiger partial charge in [-0.2, -0.15) is 0 Å². The predicted molar refractivity (Wildman–Crippen MR) is 100.0 cm³/mol. The predicted octanol–water partition coefficient (Wildman–Crippen LogP) is -2.78. The molecule has 27 heavy (non-hydrogen) atoms. The van der Waals surface area contributed by atoms with E-state index in [-0.39, 0.29) is 12.5 Å². The van der Waals surface area contributed by atoms with Crippen LogP contribution in [0.1, 0.15) is 32.1 Å². The van der Waals surface area contributed by atoms with Crippen molar-refractivity contribution in [3.63, 3.8) is 0 Å². The molecule has 0 aliphatic heterocycles. The molecule has 0 saturated carbocycles. The van der Waals surface area contributed by atoms with Gasteiger partial charge in [-0.05, 0) is 32.2 Å². The third kappa shape index (κ3) is 28.6. The molecule has 0 radical (unpaired) electrons. The van der Waals surface area contributed by atoms with Crippen molar-refractivity contribution in [2.75, 3.05) is 19.6 Å². The summed E-state index contributed by atoms with van der Waals surface area (Å²) in [6.07, 6.45) is 3.14. The zero-order valence-corrected chi connectivity index (χ0v) is 15.3. The maximum Gasteiger partial charge on any atom is 0.320 e. The van der Waals surface area contributed by atoms with E-state index in [1.54, 1.807) is 0 Å². The lowest BCUT2D eigenvalue weighted by molar-refractivity contribution is -0.139. The quantitative estimate of drug-likeness (QED) is 0.0965. The number of rotatable bonds is 11. The molecule has 0 heterocycles. The molecule has 15 N–H and O–H groups in total. The van der Waals surface area contributed by atoms with Gasteiger partial charge in [-0.25, -0.2) is 0 Å². The first-order chi connectivity index (χ1) is 12.5. The van der Waals surface area contributed by atoms with Crippen LogP contribution in [0.25, 0.3) is 0 Å². The second kappa shape index (κ2) is 19.8. The second-order valence-electron chi connectivity index (χ2n) is 5.25. The minimum atomic E-state index is -1.00. The van der Waals surface area contributed by atoms with Crippen molar-refractivity contribution in [1.29, 1.82) is 5.41 Å². The van der Waals surface area contributed by atoms with Crippen LogP contribution in [0.4, 0.5) is 0 Å². The van der Waals surface area contributed by atoms with Gasteiger partial charge in [0.05, 0.1) is 6.54 Å². The number of unbranched alkanes of at least 4 members (excludes halogenated alkanes) is 1. The molecule has 0 rings (SSSR count). The van der Waals surface area contributed by atoms with E-state index in [2.05, 4.69) is 11.1 Å². The molecule has 0 fully saturated rings. The first kappa shape index (κ1) is 29.3. The van der Waals surface area contributed by atoms with Gasteiger partial charge in [0, 0.05) is 6.54 Å². The molecule has 0 spiro atoms. The zero-order valence-electron chi connectivity index (χ0n) is 15.3. The largest absolute Gasteiger partial charge is 0.480 e. The fourth-order valence-electron chi connectivity index (χ4n) is 1.30. The maximum absolute atomic E-state index is 10.2. The van der Waals surface area contributed by atoms with Gasteiger partial charge in [0.25, 0.3) is 0 Å².